The van der Waals surface area contributed by atoms with Gasteiger partial charge in [-0.3, -0.25) is 0 Å². The predicted molar refractivity (Wildman–Crippen MR) is 111 cm³/mol. The van der Waals surface area contributed by atoms with Crippen molar-refractivity contribution < 1.29 is 14.3 Å². The third-order valence-corrected chi connectivity index (χ3v) is 5.32. The first-order chi connectivity index (χ1) is 14.1. The van der Waals surface area contributed by atoms with E-state index < -0.39 is 12.0 Å². The van der Waals surface area contributed by atoms with Crippen molar-refractivity contribution in [3.05, 3.63) is 42.6 Å². The standard InChI is InChI=1S/C21H25N5O3/c1-15(20(27)29-2)22-21(28)25-11-6-10-24(13-14-25)19-18-9-5-12-26(18)17-8-4-3-7-16(17)23-19/h3-5,7-9,12,15H,6,10-11,13-14H2,1-2H3,(H,22,28)/t15-/m1/s1. The van der Waals surface area contributed by atoms with Crippen molar-refractivity contribution in [2.45, 2.75) is 19.4 Å². The number of urea groups is 1. The van der Waals surface area contributed by atoms with Crippen LogP contribution in [0.1, 0.15) is 13.3 Å². The fraction of sp³-hybridized carbons (Fsp3) is 0.381. The highest BCUT2D eigenvalue weighted by Crippen LogP contribution is 2.26. The molecule has 1 aliphatic rings. The summed E-state index contributed by atoms with van der Waals surface area (Å²) in [6, 6.07) is 11.3. The van der Waals surface area contributed by atoms with Crippen LogP contribution < -0.4 is 10.2 Å². The lowest BCUT2D eigenvalue weighted by Gasteiger charge is -2.25. The number of para-hydroxylation sites is 2. The predicted octanol–water partition coefficient (Wildman–Crippen LogP) is 2.27. The Morgan fingerprint density at radius 2 is 1.86 bits per heavy atom. The van der Waals surface area contributed by atoms with Gasteiger partial charge in [-0.1, -0.05) is 12.1 Å². The molecule has 0 radical (unpaired) electrons. The first-order valence-corrected chi connectivity index (χ1v) is 9.82. The van der Waals surface area contributed by atoms with E-state index in [0.717, 1.165) is 35.3 Å². The smallest absolute Gasteiger partial charge is 0.328 e. The number of hydrogen-bond donors (Lipinski definition) is 1. The van der Waals surface area contributed by atoms with Crippen molar-refractivity contribution >= 4 is 34.4 Å². The summed E-state index contributed by atoms with van der Waals surface area (Å²) in [5, 5.41) is 2.71. The van der Waals surface area contributed by atoms with Gasteiger partial charge in [0, 0.05) is 32.4 Å². The van der Waals surface area contributed by atoms with Gasteiger partial charge in [-0.05, 0) is 37.6 Å². The molecule has 29 heavy (non-hydrogen) atoms. The average Bonchev–Trinajstić information content (AvgIpc) is 3.10. The number of aromatic nitrogens is 2. The van der Waals surface area contributed by atoms with E-state index >= 15 is 0 Å². The summed E-state index contributed by atoms with van der Waals surface area (Å²) in [4.78, 5) is 33.0. The highest BCUT2D eigenvalue weighted by atomic mass is 16.5. The summed E-state index contributed by atoms with van der Waals surface area (Å²) in [7, 11) is 1.31. The topological polar surface area (TPSA) is 79.2 Å². The van der Waals surface area contributed by atoms with Gasteiger partial charge in [-0.25, -0.2) is 14.6 Å². The van der Waals surface area contributed by atoms with E-state index in [1.807, 2.05) is 24.3 Å². The van der Waals surface area contributed by atoms with Gasteiger partial charge in [-0.15, -0.1) is 0 Å². The maximum absolute atomic E-state index is 12.5. The van der Waals surface area contributed by atoms with Gasteiger partial charge in [0.05, 0.1) is 23.7 Å². The molecule has 8 nitrogen and oxygen atoms in total. The van der Waals surface area contributed by atoms with Gasteiger partial charge in [0.2, 0.25) is 0 Å². The number of carbonyl (C=O) groups excluding carboxylic acids is 2. The number of methoxy groups -OCH3 is 1. The Bertz CT molecular complexity index is 1050. The molecule has 1 saturated heterocycles. The van der Waals surface area contributed by atoms with Gasteiger partial charge in [0.1, 0.15) is 6.04 Å². The number of fused-ring (bicyclic) bond motifs is 3. The monoisotopic (exact) mass is 395 g/mol. The van der Waals surface area contributed by atoms with E-state index in [-0.39, 0.29) is 6.03 Å². The molecule has 0 aliphatic carbocycles. The van der Waals surface area contributed by atoms with E-state index in [9.17, 15) is 9.59 Å². The molecule has 4 rings (SSSR count). The van der Waals surface area contributed by atoms with Crippen LogP contribution in [0.2, 0.25) is 0 Å². The van der Waals surface area contributed by atoms with Crippen molar-refractivity contribution in [3.63, 3.8) is 0 Å². The molecular weight excluding hydrogens is 370 g/mol. The van der Waals surface area contributed by atoms with Crippen LogP contribution in [-0.4, -0.2) is 65.6 Å². The quantitative estimate of drug-likeness (QED) is 0.689. The molecule has 1 atom stereocenters. The summed E-state index contributed by atoms with van der Waals surface area (Å²) in [5.41, 5.74) is 3.07. The zero-order valence-electron chi connectivity index (χ0n) is 16.7. The third-order valence-electron chi connectivity index (χ3n) is 5.32. The van der Waals surface area contributed by atoms with Gasteiger partial charge in [0.15, 0.2) is 5.82 Å². The van der Waals surface area contributed by atoms with Crippen LogP contribution in [0.3, 0.4) is 0 Å². The Balaban J connectivity index is 1.53. The number of nitrogens with zero attached hydrogens (tertiary/aromatic N) is 4. The number of carbonyl (C=O) groups is 2. The Kier molecular flexibility index (Phi) is 5.24. The number of hydrogen-bond acceptors (Lipinski definition) is 5. The minimum atomic E-state index is -0.672. The summed E-state index contributed by atoms with van der Waals surface area (Å²) in [6.07, 6.45) is 2.87. The van der Waals surface area contributed by atoms with E-state index in [1.165, 1.54) is 7.11 Å². The highest BCUT2D eigenvalue weighted by Gasteiger charge is 2.24. The fourth-order valence-electron chi connectivity index (χ4n) is 3.78. The normalized spacial score (nSPS) is 15.9. The molecule has 1 aromatic carbocycles. The number of rotatable bonds is 3. The average molecular weight is 395 g/mol. The van der Waals surface area contributed by atoms with Crippen LogP contribution in [0, 0.1) is 0 Å². The van der Waals surface area contributed by atoms with Crippen molar-refractivity contribution in [1.29, 1.82) is 0 Å². The minimum absolute atomic E-state index is 0.246. The molecule has 0 unspecified atom stereocenters. The van der Waals surface area contributed by atoms with Gasteiger partial charge in [0.25, 0.3) is 0 Å². The first kappa shape index (κ1) is 19.0. The van der Waals surface area contributed by atoms with E-state index in [0.29, 0.717) is 19.6 Å². The van der Waals surface area contributed by atoms with Crippen LogP contribution >= 0.6 is 0 Å². The third kappa shape index (κ3) is 3.70. The number of anilines is 1. The zero-order valence-corrected chi connectivity index (χ0v) is 16.7. The fourth-order valence-corrected chi connectivity index (χ4v) is 3.78. The number of nitrogens with one attached hydrogen (secondary N) is 1. The second-order valence-corrected chi connectivity index (χ2v) is 7.21. The molecule has 0 saturated carbocycles. The van der Waals surface area contributed by atoms with Gasteiger partial charge >= 0.3 is 12.0 Å². The number of esters is 1. The van der Waals surface area contributed by atoms with Crippen molar-refractivity contribution in [3.8, 4) is 0 Å². The summed E-state index contributed by atoms with van der Waals surface area (Å²) in [5.74, 6) is 0.477. The summed E-state index contributed by atoms with van der Waals surface area (Å²) >= 11 is 0. The maximum Gasteiger partial charge on any atom is 0.328 e. The van der Waals surface area contributed by atoms with Crippen LogP contribution in [-0.2, 0) is 9.53 Å². The molecule has 1 aliphatic heterocycles. The first-order valence-electron chi connectivity index (χ1n) is 9.82. The lowest BCUT2D eigenvalue weighted by atomic mass is 10.3. The second kappa shape index (κ2) is 7.98. The highest BCUT2D eigenvalue weighted by molar-refractivity contribution is 5.85. The Morgan fingerprint density at radius 1 is 1.07 bits per heavy atom. The summed E-state index contributed by atoms with van der Waals surface area (Å²) in [6.45, 7) is 4.28. The van der Waals surface area contributed by atoms with E-state index in [2.05, 4.69) is 37.7 Å². The van der Waals surface area contributed by atoms with Crippen molar-refractivity contribution in [2.24, 2.45) is 0 Å². The minimum Gasteiger partial charge on any atom is -0.467 e. The Hall–Kier alpha value is -3.29. The Morgan fingerprint density at radius 3 is 2.69 bits per heavy atom. The number of amides is 2. The molecule has 2 aromatic heterocycles. The molecule has 0 bridgehead atoms. The SMILES string of the molecule is COC(=O)[C@@H](C)NC(=O)N1CCCN(c2nc3ccccc3n3cccc23)CC1. The lowest BCUT2D eigenvalue weighted by Crippen LogP contribution is -2.48. The second-order valence-electron chi connectivity index (χ2n) is 7.21. The van der Waals surface area contributed by atoms with Gasteiger partial charge in [-0.2, -0.15) is 0 Å². The molecule has 1 fully saturated rings. The molecule has 8 heteroatoms. The van der Waals surface area contributed by atoms with Crippen LogP contribution in [0.25, 0.3) is 16.6 Å². The van der Waals surface area contributed by atoms with Crippen molar-refractivity contribution in [1.82, 2.24) is 19.6 Å². The number of benzene rings is 1. The molecular formula is C21H25N5O3. The zero-order chi connectivity index (χ0) is 20.4. The summed E-state index contributed by atoms with van der Waals surface area (Å²) < 4.78 is 6.83. The maximum atomic E-state index is 12.5. The van der Waals surface area contributed by atoms with Crippen LogP contribution in [0.5, 0.6) is 0 Å². The van der Waals surface area contributed by atoms with E-state index in [1.54, 1.807) is 11.8 Å². The molecule has 0 spiro atoms. The van der Waals surface area contributed by atoms with E-state index in [4.69, 9.17) is 4.98 Å². The Labute approximate surface area is 169 Å². The molecule has 3 heterocycles. The largest absolute Gasteiger partial charge is 0.467 e. The van der Waals surface area contributed by atoms with Crippen LogP contribution in [0.15, 0.2) is 42.6 Å². The molecule has 152 valence electrons. The lowest BCUT2D eigenvalue weighted by molar-refractivity contribution is -0.142. The van der Waals surface area contributed by atoms with Crippen LogP contribution in [0.4, 0.5) is 10.6 Å². The molecule has 1 N–H and O–H groups in total. The molecule has 3 aromatic rings. The van der Waals surface area contributed by atoms with Crippen molar-refractivity contribution in [2.75, 3.05) is 38.2 Å². The number of ether oxygens (including phenoxy) is 1. The molecule has 2 amide bonds. The van der Waals surface area contributed by atoms with Gasteiger partial charge < -0.3 is 24.3 Å².